The summed E-state index contributed by atoms with van der Waals surface area (Å²) < 4.78 is 0. The molecule has 7 nitrogen and oxygen atoms in total. The van der Waals surface area contributed by atoms with Crippen LogP contribution in [0.4, 0.5) is 11.5 Å². The topological polar surface area (TPSA) is 85.8 Å². The maximum absolute atomic E-state index is 13.1. The predicted octanol–water partition coefficient (Wildman–Crippen LogP) is 2.68. The molecule has 2 aliphatic rings. The summed E-state index contributed by atoms with van der Waals surface area (Å²) in [6, 6.07) is 9.12. The summed E-state index contributed by atoms with van der Waals surface area (Å²) in [6.45, 7) is 1.27. The number of amides is 2. The van der Waals surface area contributed by atoms with E-state index in [4.69, 9.17) is 11.6 Å². The van der Waals surface area contributed by atoms with Crippen LogP contribution in [-0.4, -0.2) is 52.5 Å². The van der Waals surface area contributed by atoms with Crippen molar-refractivity contribution in [2.24, 2.45) is 0 Å². The number of nitrogens with zero attached hydrogens (tertiary/aromatic N) is 3. The Morgan fingerprint density at radius 3 is 2.86 bits per heavy atom. The van der Waals surface area contributed by atoms with Gasteiger partial charge in [0, 0.05) is 30.4 Å². The van der Waals surface area contributed by atoms with Crippen LogP contribution in [0.25, 0.3) is 0 Å². The van der Waals surface area contributed by atoms with Crippen molar-refractivity contribution in [2.45, 2.75) is 31.8 Å². The van der Waals surface area contributed by atoms with Crippen molar-refractivity contribution in [3.05, 3.63) is 52.7 Å². The van der Waals surface area contributed by atoms with Gasteiger partial charge in [-0.1, -0.05) is 23.7 Å². The van der Waals surface area contributed by atoms with E-state index in [0.29, 0.717) is 41.6 Å². The lowest BCUT2D eigenvalue weighted by atomic mass is 10.1. The highest BCUT2D eigenvalue weighted by atomic mass is 35.5. The van der Waals surface area contributed by atoms with Gasteiger partial charge in [-0.15, -0.1) is 0 Å². The first-order valence-electron chi connectivity index (χ1n) is 9.77. The molecule has 0 bridgehead atoms. The SMILES string of the molecule is O=C1CNc2ncc(C(=O)N3CCCC3CCO)cc2N1Cc1ccc(Cl)cc1. The van der Waals surface area contributed by atoms with E-state index in [0.717, 1.165) is 18.4 Å². The van der Waals surface area contributed by atoms with E-state index < -0.39 is 0 Å². The molecule has 152 valence electrons. The van der Waals surface area contributed by atoms with E-state index in [-0.39, 0.29) is 31.0 Å². The zero-order valence-corrected chi connectivity index (χ0v) is 16.7. The highest BCUT2D eigenvalue weighted by molar-refractivity contribution is 6.30. The fraction of sp³-hybridized carbons (Fsp3) is 0.381. The molecule has 1 atom stereocenters. The highest BCUT2D eigenvalue weighted by Crippen LogP contribution is 2.31. The number of halogens is 1. The molecule has 0 radical (unpaired) electrons. The molecular weight excluding hydrogens is 392 g/mol. The number of hydrogen-bond acceptors (Lipinski definition) is 5. The van der Waals surface area contributed by atoms with Crippen molar-refractivity contribution >= 4 is 34.9 Å². The molecular formula is C21H23ClN4O3. The molecule has 1 unspecified atom stereocenters. The molecule has 2 aromatic rings. The van der Waals surface area contributed by atoms with E-state index in [2.05, 4.69) is 10.3 Å². The average molecular weight is 415 g/mol. The smallest absolute Gasteiger partial charge is 0.255 e. The third-order valence-corrected chi connectivity index (χ3v) is 5.72. The molecule has 2 N–H and O–H groups in total. The van der Waals surface area contributed by atoms with Crippen molar-refractivity contribution in [3.8, 4) is 0 Å². The minimum atomic E-state index is -0.110. The van der Waals surface area contributed by atoms with Crippen LogP contribution in [0.5, 0.6) is 0 Å². The van der Waals surface area contributed by atoms with Gasteiger partial charge in [0.1, 0.15) is 0 Å². The third kappa shape index (κ3) is 4.06. The molecule has 3 heterocycles. The van der Waals surface area contributed by atoms with Crippen molar-refractivity contribution in [2.75, 3.05) is 29.9 Å². The molecule has 2 amide bonds. The van der Waals surface area contributed by atoms with E-state index in [9.17, 15) is 14.7 Å². The van der Waals surface area contributed by atoms with Gasteiger partial charge in [0.15, 0.2) is 5.82 Å². The lowest BCUT2D eigenvalue weighted by molar-refractivity contribution is -0.117. The van der Waals surface area contributed by atoms with Crippen LogP contribution in [0.1, 0.15) is 35.2 Å². The molecule has 0 spiro atoms. The lowest BCUT2D eigenvalue weighted by Gasteiger charge is -2.30. The zero-order chi connectivity index (χ0) is 20.4. The number of rotatable bonds is 5. The number of hydrogen-bond donors (Lipinski definition) is 2. The molecule has 2 aliphatic heterocycles. The zero-order valence-electron chi connectivity index (χ0n) is 16.0. The minimum Gasteiger partial charge on any atom is -0.396 e. The highest BCUT2D eigenvalue weighted by Gasteiger charge is 2.31. The second-order valence-corrected chi connectivity index (χ2v) is 7.79. The molecule has 0 saturated carbocycles. The van der Waals surface area contributed by atoms with Crippen molar-refractivity contribution < 1.29 is 14.7 Å². The molecule has 1 fully saturated rings. The van der Waals surface area contributed by atoms with E-state index in [1.807, 2.05) is 12.1 Å². The number of aliphatic hydroxyl groups is 1. The number of benzene rings is 1. The Morgan fingerprint density at radius 2 is 2.10 bits per heavy atom. The van der Waals surface area contributed by atoms with Crippen molar-refractivity contribution in [1.82, 2.24) is 9.88 Å². The lowest BCUT2D eigenvalue weighted by Crippen LogP contribution is -2.40. The first kappa shape index (κ1) is 19.7. The van der Waals surface area contributed by atoms with Crippen molar-refractivity contribution in [3.63, 3.8) is 0 Å². The number of carbonyl (C=O) groups excluding carboxylic acids is 2. The van der Waals surface area contributed by atoms with Crippen LogP contribution in [-0.2, 0) is 11.3 Å². The Morgan fingerprint density at radius 1 is 1.31 bits per heavy atom. The monoisotopic (exact) mass is 414 g/mol. The van der Waals surface area contributed by atoms with Crippen LogP contribution >= 0.6 is 11.6 Å². The molecule has 1 aromatic heterocycles. The number of likely N-dealkylation sites (tertiary alicyclic amines) is 1. The summed E-state index contributed by atoms with van der Waals surface area (Å²) in [6.07, 6.45) is 3.95. The fourth-order valence-corrected chi connectivity index (χ4v) is 4.09. The van der Waals surface area contributed by atoms with Gasteiger partial charge in [-0.2, -0.15) is 0 Å². The number of carbonyl (C=O) groups is 2. The number of anilines is 2. The van der Waals surface area contributed by atoms with Crippen LogP contribution in [0.3, 0.4) is 0 Å². The average Bonchev–Trinajstić information content (AvgIpc) is 3.19. The Hall–Kier alpha value is -2.64. The van der Waals surface area contributed by atoms with E-state index >= 15 is 0 Å². The molecule has 1 aromatic carbocycles. The summed E-state index contributed by atoms with van der Waals surface area (Å²) in [4.78, 5) is 33.5. The first-order chi connectivity index (χ1) is 14.1. The number of nitrogens with one attached hydrogen (secondary N) is 1. The van der Waals surface area contributed by atoms with Gasteiger partial charge in [0.2, 0.25) is 5.91 Å². The maximum atomic E-state index is 13.1. The molecule has 1 saturated heterocycles. The number of aliphatic hydroxyl groups excluding tert-OH is 1. The van der Waals surface area contributed by atoms with E-state index in [1.54, 1.807) is 34.2 Å². The normalized spacial score (nSPS) is 18.6. The minimum absolute atomic E-state index is 0.0495. The largest absolute Gasteiger partial charge is 0.396 e. The Kier molecular flexibility index (Phi) is 5.69. The fourth-order valence-electron chi connectivity index (χ4n) is 3.96. The Labute approximate surface area is 174 Å². The summed E-state index contributed by atoms with van der Waals surface area (Å²) in [5, 5.41) is 12.9. The Bertz CT molecular complexity index is 919. The van der Waals surface area contributed by atoms with Gasteiger partial charge < -0.3 is 20.2 Å². The number of pyridine rings is 1. The Balaban J connectivity index is 1.61. The maximum Gasteiger partial charge on any atom is 0.255 e. The van der Waals surface area contributed by atoms with E-state index in [1.165, 1.54) is 0 Å². The standard InChI is InChI=1S/C21H23ClN4O3/c22-16-5-3-14(4-6-16)13-26-18-10-15(11-23-20(18)24-12-19(26)28)21(29)25-8-1-2-17(25)7-9-27/h3-6,10-11,17,27H,1-2,7-9,12-13H2,(H,23,24). The van der Waals surface area contributed by atoms with Crippen LogP contribution in [0.2, 0.25) is 5.02 Å². The number of aromatic nitrogens is 1. The van der Waals surface area contributed by atoms with Gasteiger partial charge >= 0.3 is 0 Å². The van der Waals surface area contributed by atoms with Gasteiger partial charge in [-0.25, -0.2) is 4.98 Å². The summed E-state index contributed by atoms with van der Waals surface area (Å²) in [7, 11) is 0. The van der Waals surface area contributed by atoms with Crippen LogP contribution in [0, 0.1) is 0 Å². The molecule has 8 heteroatoms. The van der Waals surface area contributed by atoms with Gasteiger partial charge in [-0.05, 0) is 43.0 Å². The van der Waals surface area contributed by atoms with Crippen LogP contribution < -0.4 is 10.2 Å². The molecule has 4 rings (SSSR count). The third-order valence-electron chi connectivity index (χ3n) is 5.47. The number of fused-ring (bicyclic) bond motifs is 1. The van der Waals surface area contributed by atoms with Crippen molar-refractivity contribution in [1.29, 1.82) is 0 Å². The van der Waals surface area contributed by atoms with Gasteiger partial charge in [0.25, 0.3) is 5.91 Å². The van der Waals surface area contributed by atoms with Gasteiger partial charge in [0.05, 0.1) is 24.3 Å². The second-order valence-electron chi connectivity index (χ2n) is 7.36. The first-order valence-corrected chi connectivity index (χ1v) is 10.1. The molecule has 0 aliphatic carbocycles. The quantitative estimate of drug-likeness (QED) is 0.785. The van der Waals surface area contributed by atoms with Crippen LogP contribution in [0.15, 0.2) is 36.5 Å². The summed E-state index contributed by atoms with van der Waals surface area (Å²) in [5.41, 5.74) is 1.99. The molecule has 29 heavy (non-hydrogen) atoms. The van der Waals surface area contributed by atoms with Gasteiger partial charge in [-0.3, -0.25) is 9.59 Å². The summed E-state index contributed by atoms with van der Waals surface area (Å²) in [5.74, 6) is 0.391. The predicted molar refractivity (Wildman–Crippen MR) is 111 cm³/mol. The summed E-state index contributed by atoms with van der Waals surface area (Å²) >= 11 is 5.96. The second kappa shape index (κ2) is 8.39.